The Balaban J connectivity index is 1.30. The van der Waals surface area contributed by atoms with Crippen LogP contribution in [-0.4, -0.2) is 47.9 Å². The van der Waals surface area contributed by atoms with Crippen molar-refractivity contribution < 1.29 is 14.3 Å². The maximum absolute atomic E-state index is 13.6. The van der Waals surface area contributed by atoms with Crippen molar-refractivity contribution in [1.82, 2.24) is 9.80 Å². The number of carbonyl (C=O) groups excluding carboxylic acids is 2. The molecule has 0 saturated heterocycles. The number of para-hydroxylation sites is 1. The first kappa shape index (κ1) is 22.7. The summed E-state index contributed by atoms with van der Waals surface area (Å²) in [6.45, 7) is 1.85. The van der Waals surface area contributed by atoms with Crippen molar-refractivity contribution in [2.45, 2.75) is 31.7 Å². The third kappa shape index (κ3) is 5.50. The fourth-order valence-corrected chi connectivity index (χ4v) is 5.50. The van der Waals surface area contributed by atoms with Gasteiger partial charge in [-0.15, -0.1) is 11.3 Å². The zero-order chi connectivity index (χ0) is 23.3. The second-order valence-corrected chi connectivity index (χ2v) is 10.2. The van der Waals surface area contributed by atoms with Crippen molar-refractivity contribution in [2.24, 2.45) is 5.92 Å². The van der Waals surface area contributed by atoms with Crippen LogP contribution in [0.4, 0.5) is 0 Å². The lowest BCUT2D eigenvalue weighted by Gasteiger charge is -2.37. The molecule has 0 unspecified atom stereocenters. The van der Waals surface area contributed by atoms with Gasteiger partial charge in [0.25, 0.3) is 0 Å². The number of benzene rings is 2. The molecule has 0 radical (unpaired) electrons. The molecule has 1 aromatic heterocycles. The summed E-state index contributed by atoms with van der Waals surface area (Å²) >= 11 is 1.74. The predicted octanol–water partition coefficient (Wildman–Crippen LogP) is 4.73. The van der Waals surface area contributed by atoms with E-state index in [9.17, 15) is 9.59 Å². The van der Waals surface area contributed by atoms with Crippen molar-refractivity contribution >= 4 is 23.2 Å². The Morgan fingerprint density at radius 2 is 1.74 bits per heavy atom. The molecular weight excluding hydrogens is 444 g/mol. The normalized spacial score (nSPS) is 17.2. The molecule has 3 aromatic rings. The van der Waals surface area contributed by atoms with Crippen molar-refractivity contribution in [3.63, 3.8) is 0 Å². The quantitative estimate of drug-likeness (QED) is 0.450. The first-order chi connectivity index (χ1) is 16.7. The molecule has 0 spiro atoms. The van der Waals surface area contributed by atoms with Crippen molar-refractivity contribution in [3.8, 4) is 5.75 Å². The molecule has 34 heavy (non-hydrogen) atoms. The molecule has 1 atom stereocenters. The topological polar surface area (TPSA) is 49.9 Å². The van der Waals surface area contributed by atoms with Crippen LogP contribution < -0.4 is 4.74 Å². The van der Waals surface area contributed by atoms with E-state index in [1.54, 1.807) is 16.2 Å². The van der Waals surface area contributed by atoms with Crippen LogP contribution in [0.15, 0.2) is 72.1 Å². The first-order valence-corrected chi connectivity index (χ1v) is 12.9. The lowest BCUT2D eigenvalue weighted by Crippen LogP contribution is -2.48. The van der Waals surface area contributed by atoms with Gasteiger partial charge in [0.1, 0.15) is 12.4 Å². The van der Waals surface area contributed by atoms with Crippen LogP contribution in [0, 0.1) is 5.92 Å². The number of thiophene rings is 1. The van der Waals surface area contributed by atoms with E-state index in [1.165, 1.54) is 10.4 Å². The van der Waals surface area contributed by atoms with Crippen molar-refractivity contribution in [2.75, 3.05) is 26.2 Å². The minimum Gasteiger partial charge on any atom is -0.491 e. The standard InChI is InChI=1S/C28H30N2O3S/c31-27(17-21-7-3-1-4-8-21)29(18-22-11-12-22)19-28(32)30-15-13-26-24(14-16-34-26)25(30)20-33-23-9-5-2-6-10-23/h1-10,14,16,22,25H,11-13,15,17-20H2/t25-/m1/s1. The molecule has 1 saturated carbocycles. The minimum atomic E-state index is -0.144. The van der Waals surface area contributed by atoms with E-state index in [0.29, 0.717) is 32.0 Å². The highest BCUT2D eigenvalue weighted by molar-refractivity contribution is 7.10. The second kappa shape index (κ2) is 10.4. The van der Waals surface area contributed by atoms with E-state index in [0.717, 1.165) is 30.6 Å². The lowest BCUT2D eigenvalue weighted by atomic mass is 10.0. The van der Waals surface area contributed by atoms with Gasteiger partial charge in [0.15, 0.2) is 0 Å². The van der Waals surface area contributed by atoms with Crippen LogP contribution in [0.1, 0.15) is 34.9 Å². The summed E-state index contributed by atoms with van der Waals surface area (Å²) < 4.78 is 6.09. The van der Waals surface area contributed by atoms with Crippen LogP contribution in [0.2, 0.25) is 0 Å². The SMILES string of the molecule is O=C(Cc1ccccc1)N(CC(=O)N1CCc2sccc2[C@H]1COc1ccccc1)CC1CC1. The van der Waals surface area contributed by atoms with Crippen LogP contribution in [0.25, 0.3) is 0 Å². The molecule has 1 aliphatic heterocycles. The molecular formula is C28H30N2O3S. The smallest absolute Gasteiger partial charge is 0.242 e. The Morgan fingerprint density at radius 1 is 1.00 bits per heavy atom. The Labute approximate surface area is 205 Å². The highest BCUT2D eigenvalue weighted by atomic mass is 32.1. The molecule has 5 nitrogen and oxygen atoms in total. The molecule has 1 aliphatic carbocycles. The van der Waals surface area contributed by atoms with Gasteiger partial charge in [-0.05, 0) is 59.9 Å². The predicted molar refractivity (Wildman–Crippen MR) is 134 cm³/mol. The number of amides is 2. The van der Waals surface area contributed by atoms with Gasteiger partial charge in [0, 0.05) is 18.0 Å². The number of carbonyl (C=O) groups is 2. The fourth-order valence-electron chi connectivity index (χ4n) is 4.57. The molecule has 0 N–H and O–H groups in total. The van der Waals surface area contributed by atoms with Gasteiger partial charge in [-0.1, -0.05) is 48.5 Å². The maximum atomic E-state index is 13.6. The van der Waals surface area contributed by atoms with Gasteiger partial charge in [0.05, 0.1) is 19.0 Å². The Bertz CT molecular complexity index is 1110. The summed E-state index contributed by atoms with van der Waals surface area (Å²) in [4.78, 5) is 31.8. The molecule has 1 fully saturated rings. The van der Waals surface area contributed by atoms with E-state index in [1.807, 2.05) is 65.6 Å². The highest BCUT2D eigenvalue weighted by Crippen LogP contribution is 2.34. The third-order valence-corrected chi connectivity index (χ3v) is 7.62. The number of nitrogens with zero attached hydrogens (tertiary/aromatic N) is 2. The van der Waals surface area contributed by atoms with E-state index in [2.05, 4.69) is 11.4 Å². The summed E-state index contributed by atoms with van der Waals surface area (Å²) in [5, 5.41) is 2.09. The number of hydrogen-bond acceptors (Lipinski definition) is 4. The molecule has 5 rings (SSSR count). The summed E-state index contributed by atoms with van der Waals surface area (Å²) in [6.07, 6.45) is 3.45. The van der Waals surface area contributed by atoms with Crippen LogP contribution in [-0.2, 0) is 22.4 Å². The van der Waals surface area contributed by atoms with E-state index in [-0.39, 0.29) is 24.4 Å². The van der Waals surface area contributed by atoms with Gasteiger partial charge in [-0.3, -0.25) is 9.59 Å². The summed E-state index contributed by atoms with van der Waals surface area (Å²) in [7, 11) is 0. The van der Waals surface area contributed by atoms with E-state index >= 15 is 0 Å². The molecule has 2 amide bonds. The summed E-state index contributed by atoms with van der Waals surface area (Å²) in [5.74, 6) is 1.34. The Kier molecular flexibility index (Phi) is 6.95. The number of fused-ring (bicyclic) bond motifs is 1. The number of ether oxygens (including phenoxy) is 1. The fraction of sp³-hybridized carbons (Fsp3) is 0.357. The average Bonchev–Trinajstić information content (AvgIpc) is 3.55. The maximum Gasteiger partial charge on any atom is 0.242 e. The van der Waals surface area contributed by atoms with E-state index < -0.39 is 0 Å². The van der Waals surface area contributed by atoms with Crippen LogP contribution in [0.5, 0.6) is 5.75 Å². The van der Waals surface area contributed by atoms with Gasteiger partial charge < -0.3 is 14.5 Å². The van der Waals surface area contributed by atoms with Crippen molar-refractivity contribution in [3.05, 3.63) is 88.1 Å². The highest BCUT2D eigenvalue weighted by Gasteiger charge is 2.35. The number of rotatable bonds is 9. The summed E-state index contributed by atoms with van der Waals surface area (Å²) in [6, 6.07) is 21.5. The lowest BCUT2D eigenvalue weighted by molar-refractivity contribution is -0.142. The molecule has 2 heterocycles. The van der Waals surface area contributed by atoms with E-state index in [4.69, 9.17) is 4.74 Å². The molecule has 2 aromatic carbocycles. The van der Waals surface area contributed by atoms with Gasteiger partial charge in [-0.2, -0.15) is 0 Å². The zero-order valence-corrected chi connectivity index (χ0v) is 20.1. The molecule has 2 aliphatic rings. The van der Waals surface area contributed by atoms with Gasteiger partial charge in [-0.25, -0.2) is 0 Å². The Morgan fingerprint density at radius 3 is 2.47 bits per heavy atom. The average molecular weight is 475 g/mol. The first-order valence-electron chi connectivity index (χ1n) is 12.0. The third-order valence-electron chi connectivity index (χ3n) is 6.62. The summed E-state index contributed by atoms with van der Waals surface area (Å²) in [5.41, 5.74) is 2.15. The molecule has 0 bridgehead atoms. The largest absolute Gasteiger partial charge is 0.491 e. The van der Waals surface area contributed by atoms with Gasteiger partial charge in [0.2, 0.25) is 11.8 Å². The zero-order valence-electron chi connectivity index (χ0n) is 19.3. The second-order valence-electron chi connectivity index (χ2n) is 9.16. The monoisotopic (exact) mass is 474 g/mol. The van der Waals surface area contributed by atoms with Gasteiger partial charge >= 0.3 is 0 Å². The Hall–Kier alpha value is -3.12. The van der Waals surface area contributed by atoms with Crippen LogP contribution >= 0.6 is 11.3 Å². The molecule has 176 valence electrons. The minimum absolute atomic E-state index is 0.000531. The number of hydrogen-bond donors (Lipinski definition) is 0. The van der Waals surface area contributed by atoms with Crippen LogP contribution in [0.3, 0.4) is 0 Å². The van der Waals surface area contributed by atoms with Crippen molar-refractivity contribution in [1.29, 1.82) is 0 Å². The molecule has 6 heteroatoms.